The number of carboxylic acids is 1. The molecule has 0 aliphatic rings. The van der Waals surface area contributed by atoms with Gasteiger partial charge in [0, 0.05) is 5.02 Å². The Morgan fingerprint density at radius 1 is 1.35 bits per heavy atom. The molecule has 0 aliphatic carbocycles. The lowest BCUT2D eigenvalue weighted by Gasteiger charge is -2.16. The molecule has 0 atom stereocenters. The summed E-state index contributed by atoms with van der Waals surface area (Å²) in [6.07, 6.45) is 2.12. The van der Waals surface area contributed by atoms with Crippen LogP contribution in [0.4, 0.5) is 0 Å². The first kappa shape index (κ1) is 17.5. The van der Waals surface area contributed by atoms with Crippen LogP contribution in [0.2, 0.25) is 5.02 Å². The summed E-state index contributed by atoms with van der Waals surface area (Å²) in [5, 5.41) is 14.9. The quantitative estimate of drug-likeness (QED) is 0.857. The molecule has 5 heteroatoms. The lowest BCUT2D eigenvalue weighted by atomic mass is 9.89. The molecule has 0 saturated carbocycles. The maximum absolute atomic E-state index is 11.8. The van der Waals surface area contributed by atoms with Crippen LogP contribution in [-0.4, -0.2) is 20.9 Å². The van der Waals surface area contributed by atoms with Gasteiger partial charge in [-0.1, -0.05) is 51.8 Å². The molecule has 23 heavy (non-hydrogen) atoms. The number of benzene rings is 1. The Bertz CT molecular complexity index is 714. The van der Waals surface area contributed by atoms with Crippen LogP contribution in [0.3, 0.4) is 0 Å². The van der Waals surface area contributed by atoms with Crippen LogP contribution in [0, 0.1) is 5.41 Å². The second kappa shape index (κ2) is 6.75. The highest BCUT2D eigenvalue weighted by Gasteiger charge is 2.26. The zero-order chi connectivity index (χ0) is 17.2. The fraction of sp³-hybridized carbons (Fsp3) is 0.444. The number of hydrogen-bond acceptors (Lipinski definition) is 2. The highest BCUT2D eigenvalue weighted by atomic mass is 35.5. The van der Waals surface area contributed by atoms with E-state index in [4.69, 9.17) is 11.6 Å². The van der Waals surface area contributed by atoms with Crippen LogP contribution >= 0.6 is 11.6 Å². The number of aromatic carboxylic acids is 1. The van der Waals surface area contributed by atoms with Crippen molar-refractivity contribution in [1.82, 2.24) is 9.78 Å². The molecule has 0 spiro atoms. The fourth-order valence-corrected chi connectivity index (χ4v) is 2.85. The monoisotopic (exact) mass is 334 g/mol. The van der Waals surface area contributed by atoms with E-state index in [1.165, 1.54) is 0 Å². The van der Waals surface area contributed by atoms with E-state index >= 15 is 0 Å². The number of nitrogens with zero attached hydrogens (tertiary/aromatic N) is 2. The van der Waals surface area contributed by atoms with Gasteiger partial charge in [-0.25, -0.2) is 9.48 Å². The molecule has 4 nitrogen and oxygen atoms in total. The van der Waals surface area contributed by atoms with E-state index in [-0.39, 0.29) is 5.41 Å². The molecule has 1 aromatic heterocycles. The van der Waals surface area contributed by atoms with Crippen LogP contribution in [0.1, 0.15) is 55.9 Å². The first-order valence-corrected chi connectivity index (χ1v) is 8.20. The number of rotatable bonds is 5. The van der Waals surface area contributed by atoms with Crippen LogP contribution in [-0.2, 0) is 12.8 Å². The minimum atomic E-state index is -0.916. The maximum Gasteiger partial charge on any atom is 0.339 e. The van der Waals surface area contributed by atoms with Crippen molar-refractivity contribution in [3.8, 4) is 5.69 Å². The molecule has 2 rings (SSSR count). The molecule has 0 amide bonds. The van der Waals surface area contributed by atoms with Gasteiger partial charge in [0.05, 0.1) is 17.1 Å². The van der Waals surface area contributed by atoms with Crippen molar-refractivity contribution in [2.75, 3.05) is 0 Å². The minimum Gasteiger partial charge on any atom is -0.478 e. The highest BCUT2D eigenvalue weighted by Crippen LogP contribution is 2.27. The topological polar surface area (TPSA) is 55.1 Å². The van der Waals surface area contributed by atoms with E-state index in [1.54, 1.807) is 16.8 Å². The van der Waals surface area contributed by atoms with Crippen LogP contribution in [0.15, 0.2) is 24.3 Å². The van der Waals surface area contributed by atoms with Crippen molar-refractivity contribution in [3.63, 3.8) is 0 Å². The Balaban J connectivity index is 2.66. The smallest absolute Gasteiger partial charge is 0.339 e. The second-order valence-corrected chi connectivity index (χ2v) is 7.39. The van der Waals surface area contributed by atoms with Crippen molar-refractivity contribution < 1.29 is 9.90 Å². The van der Waals surface area contributed by atoms with Gasteiger partial charge in [-0.3, -0.25) is 0 Å². The van der Waals surface area contributed by atoms with E-state index in [0.717, 1.165) is 17.8 Å². The van der Waals surface area contributed by atoms with Crippen LogP contribution in [0.25, 0.3) is 5.69 Å². The molecule has 0 saturated heterocycles. The van der Waals surface area contributed by atoms with Gasteiger partial charge in [-0.05, 0) is 36.5 Å². The van der Waals surface area contributed by atoms with Gasteiger partial charge in [0.15, 0.2) is 0 Å². The molecular formula is C18H23ClN2O2. The third kappa shape index (κ3) is 4.14. The van der Waals surface area contributed by atoms with E-state index in [0.29, 0.717) is 29.1 Å². The number of aromatic nitrogens is 2. The van der Waals surface area contributed by atoms with Crippen molar-refractivity contribution in [2.45, 2.75) is 47.0 Å². The predicted octanol–water partition coefficient (Wildman–Crippen LogP) is 4.77. The molecule has 0 fully saturated rings. The molecule has 0 bridgehead atoms. The van der Waals surface area contributed by atoms with Gasteiger partial charge in [0.25, 0.3) is 0 Å². The standard InChI is InChI=1S/C18H23ClN2O2/c1-5-7-15-16(17(22)23)14(11-18(2,3)4)20-21(15)13-9-6-8-12(19)10-13/h6,8-10H,5,7,11H2,1-4H3,(H,22,23). The average molecular weight is 335 g/mol. The number of halogens is 1. The summed E-state index contributed by atoms with van der Waals surface area (Å²) in [4.78, 5) is 11.8. The maximum atomic E-state index is 11.8. The van der Waals surface area contributed by atoms with Crippen LogP contribution in [0.5, 0.6) is 0 Å². The number of hydrogen-bond donors (Lipinski definition) is 1. The molecule has 124 valence electrons. The summed E-state index contributed by atoms with van der Waals surface area (Å²) in [7, 11) is 0. The van der Waals surface area contributed by atoms with Gasteiger partial charge < -0.3 is 5.11 Å². The number of carboxylic acid groups (broad SMARTS) is 1. The van der Waals surface area contributed by atoms with E-state index in [9.17, 15) is 9.90 Å². The Morgan fingerprint density at radius 2 is 2.04 bits per heavy atom. The van der Waals surface area contributed by atoms with Gasteiger partial charge in [0.2, 0.25) is 0 Å². The van der Waals surface area contributed by atoms with Crippen molar-refractivity contribution in [3.05, 3.63) is 46.2 Å². The average Bonchev–Trinajstić information content (AvgIpc) is 2.75. The lowest BCUT2D eigenvalue weighted by Crippen LogP contribution is -2.13. The van der Waals surface area contributed by atoms with Gasteiger partial charge >= 0.3 is 5.97 Å². The largest absolute Gasteiger partial charge is 0.478 e. The first-order valence-electron chi connectivity index (χ1n) is 7.83. The van der Waals surface area contributed by atoms with Crippen LogP contribution < -0.4 is 0 Å². The minimum absolute atomic E-state index is 0.0405. The van der Waals surface area contributed by atoms with Gasteiger partial charge in [-0.15, -0.1) is 0 Å². The van der Waals surface area contributed by atoms with Crippen molar-refractivity contribution >= 4 is 17.6 Å². The zero-order valence-corrected chi connectivity index (χ0v) is 14.8. The van der Waals surface area contributed by atoms with E-state index in [1.807, 2.05) is 19.1 Å². The zero-order valence-electron chi connectivity index (χ0n) is 14.1. The Labute approximate surface area is 142 Å². The Morgan fingerprint density at radius 3 is 2.57 bits per heavy atom. The van der Waals surface area contributed by atoms with E-state index < -0.39 is 5.97 Å². The van der Waals surface area contributed by atoms with E-state index in [2.05, 4.69) is 25.9 Å². The summed E-state index contributed by atoms with van der Waals surface area (Å²) < 4.78 is 1.74. The Hall–Kier alpha value is -1.81. The summed E-state index contributed by atoms with van der Waals surface area (Å²) in [6.45, 7) is 8.27. The molecular weight excluding hydrogens is 312 g/mol. The molecule has 1 N–H and O–H groups in total. The van der Waals surface area contributed by atoms with Gasteiger partial charge in [-0.2, -0.15) is 5.10 Å². The van der Waals surface area contributed by atoms with Gasteiger partial charge in [0.1, 0.15) is 5.56 Å². The molecule has 0 aliphatic heterocycles. The highest BCUT2D eigenvalue weighted by molar-refractivity contribution is 6.30. The predicted molar refractivity (Wildman–Crippen MR) is 92.7 cm³/mol. The fourth-order valence-electron chi connectivity index (χ4n) is 2.67. The summed E-state index contributed by atoms with van der Waals surface area (Å²) in [5.41, 5.74) is 2.46. The first-order chi connectivity index (χ1) is 10.7. The SMILES string of the molecule is CCCc1c(C(=O)O)c(CC(C)(C)C)nn1-c1cccc(Cl)c1. The van der Waals surface area contributed by atoms with Crippen molar-refractivity contribution in [2.24, 2.45) is 5.41 Å². The lowest BCUT2D eigenvalue weighted by molar-refractivity contribution is 0.0694. The molecule has 1 aromatic carbocycles. The molecule has 1 heterocycles. The second-order valence-electron chi connectivity index (χ2n) is 6.95. The molecule has 2 aromatic rings. The summed E-state index contributed by atoms with van der Waals surface area (Å²) >= 11 is 6.08. The third-order valence-electron chi connectivity index (χ3n) is 3.50. The number of carbonyl (C=O) groups is 1. The molecule has 0 radical (unpaired) electrons. The third-order valence-corrected chi connectivity index (χ3v) is 3.74. The van der Waals surface area contributed by atoms with Crippen molar-refractivity contribution in [1.29, 1.82) is 0 Å². The molecule has 0 unspecified atom stereocenters. The normalized spacial score (nSPS) is 11.7. The Kier molecular flexibility index (Phi) is 5.15. The summed E-state index contributed by atoms with van der Waals surface area (Å²) in [6, 6.07) is 7.34. The summed E-state index contributed by atoms with van der Waals surface area (Å²) in [5.74, 6) is -0.916.